The van der Waals surface area contributed by atoms with Crippen LogP contribution in [-0.4, -0.2) is 50.8 Å². The maximum atomic E-state index is 12.0. The summed E-state index contributed by atoms with van der Waals surface area (Å²) in [7, 11) is 0. The second-order valence-electron chi connectivity index (χ2n) is 6.34. The van der Waals surface area contributed by atoms with Gasteiger partial charge in [0.25, 0.3) is 5.91 Å². The molecule has 0 aliphatic rings. The number of carbonyl (C=O) groups is 1. The summed E-state index contributed by atoms with van der Waals surface area (Å²) in [5, 5.41) is 9.37. The first-order valence-electron chi connectivity index (χ1n) is 9.55. The molecule has 0 aromatic heterocycles. The van der Waals surface area contributed by atoms with Gasteiger partial charge in [0.2, 0.25) is 0 Å². The highest BCUT2D eigenvalue weighted by molar-refractivity contribution is 14.0. The van der Waals surface area contributed by atoms with E-state index < -0.39 is 0 Å². The van der Waals surface area contributed by atoms with E-state index in [1.54, 1.807) is 12.1 Å². The van der Waals surface area contributed by atoms with E-state index >= 15 is 0 Å². The number of carbonyl (C=O) groups excluding carboxylic acids is 1. The van der Waals surface area contributed by atoms with Gasteiger partial charge in [0.15, 0.2) is 5.96 Å². The van der Waals surface area contributed by atoms with E-state index in [2.05, 4.69) is 34.8 Å². The smallest absolute Gasteiger partial charge is 0.251 e. The normalized spacial score (nSPS) is 12.3. The van der Waals surface area contributed by atoms with Crippen LogP contribution in [0.25, 0.3) is 0 Å². The van der Waals surface area contributed by atoms with Crippen LogP contribution in [0.5, 0.6) is 0 Å². The Bertz CT molecular complexity index is 538. The number of benzene rings is 1. The van der Waals surface area contributed by atoms with Gasteiger partial charge in [-0.25, -0.2) is 0 Å². The zero-order valence-electron chi connectivity index (χ0n) is 17.0. The molecular weight excluding hydrogens is 455 g/mol. The van der Waals surface area contributed by atoms with Crippen LogP contribution in [0.4, 0.5) is 0 Å². The zero-order valence-corrected chi connectivity index (χ0v) is 19.3. The van der Waals surface area contributed by atoms with Gasteiger partial charge in [-0.15, -0.1) is 24.0 Å². The average molecular weight is 490 g/mol. The molecule has 3 N–H and O–H groups in total. The number of hydrogen-bond donors (Lipinski definition) is 3. The fourth-order valence-electron chi connectivity index (χ4n) is 2.52. The Balaban J connectivity index is 0.00000676. The van der Waals surface area contributed by atoms with Crippen LogP contribution in [0.2, 0.25) is 0 Å². The molecule has 0 bridgehead atoms. The summed E-state index contributed by atoms with van der Waals surface area (Å²) < 4.78 is 5.75. The number of guanidine groups is 1. The molecule has 1 rings (SSSR count). The van der Waals surface area contributed by atoms with E-state index in [0.29, 0.717) is 31.1 Å². The minimum absolute atomic E-state index is 0. The van der Waals surface area contributed by atoms with Crippen molar-refractivity contribution in [2.45, 2.75) is 40.2 Å². The molecule has 1 atom stereocenters. The van der Waals surface area contributed by atoms with Crippen LogP contribution in [0.15, 0.2) is 35.3 Å². The lowest BCUT2D eigenvalue weighted by Crippen LogP contribution is -2.41. The van der Waals surface area contributed by atoms with Gasteiger partial charge >= 0.3 is 0 Å². The first kappa shape index (κ1) is 25.6. The number of nitrogens with zero attached hydrogens (tertiary/aromatic N) is 1. The molecule has 1 aromatic rings. The van der Waals surface area contributed by atoms with Gasteiger partial charge in [0.05, 0.1) is 6.10 Å². The van der Waals surface area contributed by atoms with Crippen molar-refractivity contribution in [3.05, 3.63) is 35.9 Å². The SMILES string of the molecule is CCNC(=NCCC(OCC)C(C)C)NCCNC(=O)c1ccccc1.I. The van der Waals surface area contributed by atoms with E-state index in [9.17, 15) is 4.79 Å². The van der Waals surface area contributed by atoms with Crippen LogP contribution < -0.4 is 16.0 Å². The molecule has 1 amide bonds. The summed E-state index contributed by atoms with van der Waals surface area (Å²) in [5.74, 6) is 1.18. The maximum Gasteiger partial charge on any atom is 0.251 e. The number of ether oxygens (including phenoxy) is 1. The summed E-state index contributed by atoms with van der Waals surface area (Å²) in [4.78, 5) is 16.6. The number of hydrogen-bond acceptors (Lipinski definition) is 3. The molecule has 0 saturated carbocycles. The molecule has 0 fully saturated rings. The van der Waals surface area contributed by atoms with Crippen molar-refractivity contribution in [3.8, 4) is 0 Å². The van der Waals surface area contributed by atoms with Gasteiger partial charge in [-0.1, -0.05) is 32.0 Å². The molecule has 0 radical (unpaired) electrons. The Hall–Kier alpha value is -1.35. The molecule has 154 valence electrons. The van der Waals surface area contributed by atoms with Gasteiger partial charge in [0.1, 0.15) is 0 Å². The molecule has 0 heterocycles. The highest BCUT2D eigenvalue weighted by Gasteiger charge is 2.12. The standard InChI is InChI=1S/C20H34N4O2.HI/c1-5-21-20(23-13-12-18(16(3)4)26-6-2)24-15-14-22-19(25)17-10-8-7-9-11-17;/h7-11,16,18H,5-6,12-15H2,1-4H3,(H,22,25)(H2,21,23,24);1H. The minimum Gasteiger partial charge on any atom is -0.378 e. The van der Waals surface area contributed by atoms with Gasteiger partial charge in [-0.05, 0) is 38.3 Å². The second kappa shape index (κ2) is 15.7. The number of amides is 1. The van der Waals surface area contributed by atoms with Gasteiger partial charge < -0.3 is 20.7 Å². The van der Waals surface area contributed by atoms with Gasteiger partial charge in [-0.3, -0.25) is 9.79 Å². The van der Waals surface area contributed by atoms with Crippen molar-refractivity contribution < 1.29 is 9.53 Å². The Morgan fingerprint density at radius 1 is 1.07 bits per heavy atom. The lowest BCUT2D eigenvalue weighted by Gasteiger charge is -2.20. The van der Waals surface area contributed by atoms with Crippen LogP contribution >= 0.6 is 24.0 Å². The predicted octanol–water partition coefficient (Wildman–Crippen LogP) is 3.04. The summed E-state index contributed by atoms with van der Waals surface area (Å²) in [5.41, 5.74) is 0.670. The molecule has 27 heavy (non-hydrogen) atoms. The second-order valence-corrected chi connectivity index (χ2v) is 6.34. The van der Waals surface area contributed by atoms with E-state index in [-0.39, 0.29) is 36.0 Å². The van der Waals surface area contributed by atoms with Gasteiger partial charge in [0, 0.05) is 38.3 Å². The summed E-state index contributed by atoms with van der Waals surface area (Å²) >= 11 is 0. The third-order valence-electron chi connectivity index (χ3n) is 3.89. The first-order chi connectivity index (χ1) is 12.6. The lowest BCUT2D eigenvalue weighted by molar-refractivity contribution is 0.0266. The van der Waals surface area contributed by atoms with Gasteiger partial charge in [-0.2, -0.15) is 0 Å². The van der Waals surface area contributed by atoms with Crippen LogP contribution in [0.1, 0.15) is 44.5 Å². The summed E-state index contributed by atoms with van der Waals surface area (Å²) in [6.07, 6.45) is 1.13. The van der Waals surface area contributed by atoms with Crippen LogP contribution in [0.3, 0.4) is 0 Å². The largest absolute Gasteiger partial charge is 0.378 e. The highest BCUT2D eigenvalue weighted by atomic mass is 127. The van der Waals surface area contributed by atoms with E-state index in [1.165, 1.54) is 0 Å². The Kier molecular flexibility index (Phi) is 14.9. The first-order valence-corrected chi connectivity index (χ1v) is 9.55. The van der Waals surface area contributed by atoms with E-state index in [4.69, 9.17) is 4.74 Å². The van der Waals surface area contributed by atoms with E-state index in [1.807, 2.05) is 32.0 Å². The molecule has 0 saturated heterocycles. The molecule has 1 aromatic carbocycles. The zero-order chi connectivity index (χ0) is 19.2. The van der Waals surface area contributed by atoms with Crippen molar-refractivity contribution in [3.63, 3.8) is 0 Å². The lowest BCUT2D eigenvalue weighted by atomic mass is 10.0. The summed E-state index contributed by atoms with van der Waals surface area (Å²) in [6, 6.07) is 9.22. The fraction of sp³-hybridized carbons (Fsp3) is 0.600. The summed E-state index contributed by atoms with van der Waals surface area (Å²) in [6.45, 7) is 11.8. The fourth-order valence-corrected chi connectivity index (χ4v) is 2.52. The number of halogens is 1. The van der Waals surface area contributed by atoms with E-state index in [0.717, 1.165) is 25.5 Å². The molecule has 6 nitrogen and oxygen atoms in total. The highest BCUT2D eigenvalue weighted by Crippen LogP contribution is 2.10. The van der Waals surface area contributed by atoms with Crippen LogP contribution in [0, 0.1) is 5.92 Å². The molecular formula is C20H35IN4O2. The monoisotopic (exact) mass is 490 g/mol. The molecule has 0 aliphatic carbocycles. The molecule has 7 heteroatoms. The Labute approximate surface area is 181 Å². The van der Waals surface area contributed by atoms with Crippen molar-refractivity contribution >= 4 is 35.8 Å². The van der Waals surface area contributed by atoms with Crippen molar-refractivity contribution in [2.24, 2.45) is 10.9 Å². The maximum absolute atomic E-state index is 12.0. The molecule has 0 spiro atoms. The van der Waals surface area contributed by atoms with Crippen molar-refractivity contribution in [2.75, 3.05) is 32.8 Å². The third kappa shape index (κ3) is 11.2. The topological polar surface area (TPSA) is 74.8 Å². The van der Waals surface area contributed by atoms with Crippen molar-refractivity contribution in [1.82, 2.24) is 16.0 Å². The molecule has 1 unspecified atom stereocenters. The van der Waals surface area contributed by atoms with Crippen LogP contribution in [-0.2, 0) is 4.74 Å². The third-order valence-corrected chi connectivity index (χ3v) is 3.89. The number of rotatable bonds is 11. The number of aliphatic imine (C=N–C) groups is 1. The quantitative estimate of drug-likeness (QED) is 0.193. The Morgan fingerprint density at radius 3 is 2.33 bits per heavy atom. The molecule has 0 aliphatic heterocycles. The minimum atomic E-state index is -0.0640. The average Bonchev–Trinajstić information content (AvgIpc) is 2.64. The predicted molar refractivity (Wildman–Crippen MR) is 123 cm³/mol. The Morgan fingerprint density at radius 2 is 1.74 bits per heavy atom. The number of nitrogens with one attached hydrogen (secondary N) is 3. The van der Waals surface area contributed by atoms with Crippen molar-refractivity contribution in [1.29, 1.82) is 0 Å².